The molecular weight excluding hydrogens is 256 g/mol. The lowest BCUT2D eigenvalue weighted by atomic mass is 10.1. The average Bonchev–Trinajstić information content (AvgIpc) is 2.80. The SMILES string of the molecule is CCc1ccc2nc(-c3ccc(Cl)cc3C)[nH]c2c1. The Balaban J connectivity index is 2.14. The number of aromatic amines is 1. The smallest absolute Gasteiger partial charge is 0.138 e. The van der Waals surface area contributed by atoms with Gasteiger partial charge in [0.1, 0.15) is 5.82 Å². The molecule has 0 aliphatic heterocycles. The second kappa shape index (κ2) is 4.71. The summed E-state index contributed by atoms with van der Waals surface area (Å²) in [5.41, 5.74) is 5.63. The van der Waals surface area contributed by atoms with Gasteiger partial charge in [-0.2, -0.15) is 0 Å². The molecule has 0 saturated heterocycles. The lowest BCUT2D eigenvalue weighted by Gasteiger charge is -2.02. The topological polar surface area (TPSA) is 28.7 Å². The molecule has 0 aliphatic rings. The van der Waals surface area contributed by atoms with Gasteiger partial charge in [-0.25, -0.2) is 4.98 Å². The van der Waals surface area contributed by atoms with Crippen LogP contribution in [0.4, 0.5) is 0 Å². The van der Waals surface area contributed by atoms with Gasteiger partial charge in [0.15, 0.2) is 0 Å². The van der Waals surface area contributed by atoms with E-state index in [1.807, 2.05) is 25.1 Å². The highest BCUT2D eigenvalue weighted by atomic mass is 35.5. The minimum atomic E-state index is 0.755. The van der Waals surface area contributed by atoms with Gasteiger partial charge in [0, 0.05) is 10.6 Å². The molecule has 0 unspecified atom stereocenters. The quantitative estimate of drug-likeness (QED) is 0.715. The third kappa shape index (κ3) is 2.24. The van der Waals surface area contributed by atoms with Crippen LogP contribution >= 0.6 is 11.6 Å². The number of benzene rings is 2. The summed E-state index contributed by atoms with van der Waals surface area (Å²) in [6.45, 7) is 4.20. The van der Waals surface area contributed by atoms with Gasteiger partial charge >= 0.3 is 0 Å². The van der Waals surface area contributed by atoms with Crippen LogP contribution in [0.5, 0.6) is 0 Å². The van der Waals surface area contributed by atoms with E-state index in [2.05, 4.69) is 35.1 Å². The Labute approximate surface area is 117 Å². The van der Waals surface area contributed by atoms with Gasteiger partial charge in [0.2, 0.25) is 0 Å². The van der Waals surface area contributed by atoms with E-state index in [4.69, 9.17) is 11.6 Å². The molecule has 19 heavy (non-hydrogen) atoms. The Kier molecular flexibility index (Phi) is 3.03. The van der Waals surface area contributed by atoms with Gasteiger partial charge in [0.25, 0.3) is 0 Å². The summed E-state index contributed by atoms with van der Waals surface area (Å²) < 4.78 is 0. The van der Waals surface area contributed by atoms with Crippen molar-refractivity contribution in [2.24, 2.45) is 0 Å². The van der Waals surface area contributed by atoms with Crippen LogP contribution in [0.1, 0.15) is 18.1 Å². The third-order valence-electron chi connectivity index (χ3n) is 3.40. The average molecular weight is 271 g/mol. The molecule has 1 heterocycles. The first-order valence-electron chi connectivity index (χ1n) is 6.42. The highest BCUT2D eigenvalue weighted by Gasteiger charge is 2.08. The Hall–Kier alpha value is -1.80. The first kappa shape index (κ1) is 12.2. The fourth-order valence-electron chi connectivity index (χ4n) is 2.30. The fourth-order valence-corrected chi connectivity index (χ4v) is 2.52. The molecule has 2 nitrogen and oxygen atoms in total. The number of nitrogens with zero attached hydrogens (tertiary/aromatic N) is 1. The van der Waals surface area contributed by atoms with Crippen molar-refractivity contribution in [3.05, 3.63) is 52.5 Å². The number of H-pyrrole nitrogens is 1. The van der Waals surface area contributed by atoms with Crippen LogP contribution < -0.4 is 0 Å². The molecule has 0 aliphatic carbocycles. The highest BCUT2D eigenvalue weighted by molar-refractivity contribution is 6.30. The normalized spacial score (nSPS) is 11.1. The summed E-state index contributed by atoms with van der Waals surface area (Å²) in [5.74, 6) is 0.900. The standard InChI is InChI=1S/C16H15ClN2/c1-3-11-4-7-14-15(9-11)19-16(18-14)13-6-5-12(17)8-10(13)2/h4-9H,3H2,1-2H3,(H,18,19). The molecule has 3 aromatic rings. The van der Waals surface area contributed by atoms with Gasteiger partial charge in [0.05, 0.1) is 11.0 Å². The van der Waals surface area contributed by atoms with E-state index < -0.39 is 0 Å². The monoisotopic (exact) mass is 270 g/mol. The van der Waals surface area contributed by atoms with Crippen LogP contribution in [-0.4, -0.2) is 9.97 Å². The van der Waals surface area contributed by atoms with Crippen molar-refractivity contribution in [3.8, 4) is 11.4 Å². The van der Waals surface area contributed by atoms with E-state index in [9.17, 15) is 0 Å². The van der Waals surface area contributed by atoms with Crippen molar-refractivity contribution in [2.45, 2.75) is 20.3 Å². The van der Waals surface area contributed by atoms with Gasteiger partial charge in [-0.3, -0.25) is 0 Å². The Morgan fingerprint density at radius 1 is 1.16 bits per heavy atom. The van der Waals surface area contributed by atoms with Crippen molar-refractivity contribution >= 4 is 22.6 Å². The molecule has 2 aromatic carbocycles. The van der Waals surface area contributed by atoms with Crippen molar-refractivity contribution in [1.29, 1.82) is 0 Å². The van der Waals surface area contributed by atoms with E-state index in [1.54, 1.807) is 0 Å². The summed E-state index contributed by atoms with van der Waals surface area (Å²) in [6, 6.07) is 12.2. The zero-order chi connectivity index (χ0) is 13.4. The van der Waals surface area contributed by atoms with Gasteiger partial charge in [-0.05, 0) is 54.8 Å². The molecule has 0 bridgehead atoms. The number of hydrogen-bond acceptors (Lipinski definition) is 1. The number of halogens is 1. The van der Waals surface area contributed by atoms with Crippen LogP contribution in [0, 0.1) is 6.92 Å². The van der Waals surface area contributed by atoms with Crippen LogP contribution in [-0.2, 0) is 6.42 Å². The van der Waals surface area contributed by atoms with Crippen molar-refractivity contribution < 1.29 is 0 Å². The number of aryl methyl sites for hydroxylation is 2. The maximum atomic E-state index is 5.99. The number of hydrogen-bond donors (Lipinski definition) is 1. The van der Waals surface area contributed by atoms with Crippen molar-refractivity contribution in [2.75, 3.05) is 0 Å². The molecule has 0 fully saturated rings. The maximum absolute atomic E-state index is 5.99. The minimum absolute atomic E-state index is 0.755. The summed E-state index contributed by atoms with van der Waals surface area (Å²) in [7, 11) is 0. The number of rotatable bonds is 2. The number of nitrogens with one attached hydrogen (secondary N) is 1. The zero-order valence-electron chi connectivity index (χ0n) is 11.0. The summed E-state index contributed by atoms with van der Waals surface area (Å²) in [5, 5.41) is 0.755. The maximum Gasteiger partial charge on any atom is 0.138 e. The molecule has 96 valence electrons. The largest absolute Gasteiger partial charge is 0.338 e. The molecule has 0 saturated carbocycles. The molecule has 0 amide bonds. The van der Waals surface area contributed by atoms with E-state index in [0.29, 0.717) is 0 Å². The van der Waals surface area contributed by atoms with E-state index in [-0.39, 0.29) is 0 Å². The number of imidazole rings is 1. The van der Waals surface area contributed by atoms with Crippen LogP contribution in [0.2, 0.25) is 5.02 Å². The zero-order valence-corrected chi connectivity index (χ0v) is 11.8. The highest BCUT2D eigenvalue weighted by Crippen LogP contribution is 2.26. The lowest BCUT2D eigenvalue weighted by molar-refractivity contribution is 1.14. The van der Waals surface area contributed by atoms with Gasteiger partial charge in [-0.1, -0.05) is 24.6 Å². The third-order valence-corrected chi connectivity index (χ3v) is 3.63. The van der Waals surface area contributed by atoms with Crippen LogP contribution in [0.15, 0.2) is 36.4 Å². The minimum Gasteiger partial charge on any atom is -0.338 e. The fraction of sp³-hybridized carbons (Fsp3) is 0.188. The lowest BCUT2D eigenvalue weighted by Crippen LogP contribution is -1.84. The summed E-state index contributed by atoms with van der Waals surface area (Å²) in [4.78, 5) is 8.04. The van der Waals surface area contributed by atoms with E-state index >= 15 is 0 Å². The van der Waals surface area contributed by atoms with E-state index in [1.165, 1.54) is 5.56 Å². The van der Waals surface area contributed by atoms with E-state index in [0.717, 1.165) is 39.4 Å². The first-order chi connectivity index (χ1) is 9.17. The van der Waals surface area contributed by atoms with Crippen LogP contribution in [0.25, 0.3) is 22.4 Å². The van der Waals surface area contributed by atoms with Gasteiger partial charge in [-0.15, -0.1) is 0 Å². The molecule has 3 rings (SSSR count). The Bertz CT molecular complexity index is 744. The second-order valence-electron chi connectivity index (χ2n) is 4.75. The van der Waals surface area contributed by atoms with Crippen LogP contribution in [0.3, 0.4) is 0 Å². The summed E-state index contributed by atoms with van der Waals surface area (Å²) in [6.07, 6.45) is 1.03. The Morgan fingerprint density at radius 3 is 2.74 bits per heavy atom. The molecule has 3 heteroatoms. The molecular formula is C16H15ClN2. The van der Waals surface area contributed by atoms with Crippen molar-refractivity contribution in [1.82, 2.24) is 9.97 Å². The first-order valence-corrected chi connectivity index (χ1v) is 6.80. The molecule has 1 aromatic heterocycles. The summed E-state index contributed by atoms with van der Waals surface area (Å²) >= 11 is 5.99. The predicted molar refractivity (Wildman–Crippen MR) is 80.7 cm³/mol. The number of fused-ring (bicyclic) bond motifs is 1. The predicted octanol–water partition coefficient (Wildman–Crippen LogP) is 4.75. The molecule has 0 atom stereocenters. The molecule has 0 radical (unpaired) electrons. The Morgan fingerprint density at radius 2 is 2.00 bits per heavy atom. The molecule has 1 N–H and O–H groups in total. The number of aromatic nitrogens is 2. The second-order valence-corrected chi connectivity index (χ2v) is 5.19. The van der Waals surface area contributed by atoms with Crippen molar-refractivity contribution in [3.63, 3.8) is 0 Å². The van der Waals surface area contributed by atoms with Gasteiger partial charge < -0.3 is 4.98 Å². The molecule has 0 spiro atoms.